The van der Waals surface area contributed by atoms with Gasteiger partial charge >= 0.3 is 11.9 Å². The van der Waals surface area contributed by atoms with Crippen molar-refractivity contribution in [2.75, 3.05) is 17.6 Å². The fraction of sp³-hybridized carbons (Fsp3) is 0.421. The summed E-state index contributed by atoms with van der Waals surface area (Å²) in [4.78, 5) is 56.2. The molecule has 1 unspecified atom stereocenters. The third-order valence-corrected chi connectivity index (χ3v) is 6.81. The summed E-state index contributed by atoms with van der Waals surface area (Å²) in [5, 5.41) is 21.6. The Kier molecular flexibility index (Phi) is 5.39. The first-order valence-corrected chi connectivity index (χ1v) is 10.6. The number of H-pyrrole nitrogens is 1. The quantitative estimate of drug-likeness (QED) is 0.418. The van der Waals surface area contributed by atoms with Gasteiger partial charge in [0.25, 0.3) is 11.5 Å². The van der Waals surface area contributed by atoms with Gasteiger partial charge in [0.15, 0.2) is 0 Å². The number of likely N-dealkylation sites (tertiary alicyclic amines) is 1. The van der Waals surface area contributed by atoms with Crippen LogP contribution >= 0.6 is 11.3 Å². The van der Waals surface area contributed by atoms with Gasteiger partial charge in [-0.25, -0.2) is 9.59 Å². The average molecular weight is 447 g/mol. The maximum Gasteiger partial charge on any atom is 0.326 e. The number of nitrogens with one attached hydrogen (secondary N) is 2. The number of carbonyl (C=O) groups excluding carboxylic acids is 1. The van der Waals surface area contributed by atoms with E-state index < -0.39 is 29.9 Å². The van der Waals surface area contributed by atoms with E-state index in [1.54, 1.807) is 12.1 Å². The van der Waals surface area contributed by atoms with Crippen LogP contribution in [0.5, 0.6) is 0 Å². The molecule has 2 aromatic rings. The van der Waals surface area contributed by atoms with E-state index in [1.807, 2.05) is 0 Å². The number of carboxylic acids is 2. The van der Waals surface area contributed by atoms with Crippen LogP contribution in [0.1, 0.15) is 33.0 Å². The van der Waals surface area contributed by atoms with Crippen LogP contribution in [0.25, 0.3) is 0 Å². The van der Waals surface area contributed by atoms with Gasteiger partial charge < -0.3 is 26.2 Å². The number of rotatable bonds is 6. The Morgan fingerprint density at radius 1 is 1.23 bits per heavy atom. The average Bonchev–Trinajstić information content (AvgIpc) is 3.14. The van der Waals surface area contributed by atoms with Crippen LogP contribution in [0.4, 0.5) is 11.8 Å². The number of aryl methyl sites for hydroxylation is 1. The molecule has 12 heteroatoms. The minimum Gasteiger partial charge on any atom is -0.480 e. The van der Waals surface area contributed by atoms with Crippen molar-refractivity contribution in [3.63, 3.8) is 0 Å². The Labute approximate surface area is 179 Å². The number of carboxylic acid groups (broad SMARTS) is 2. The molecule has 0 radical (unpaired) electrons. The van der Waals surface area contributed by atoms with Gasteiger partial charge in [0.1, 0.15) is 17.9 Å². The maximum absolute atomic E-state index is 12.7. The fourth-order valence-electron chi connectivity index (χ4n) is 4.00. The number of aromatic amines is 1. The molecular weight excluding hydrogens is 426 g/mol. The lowest BCUT2D eigenvalue weighted by Gasteiger charge is -2.43. The molecule has 6 N–H and O–H groups in total. The third-order valence-electron chi connectivity index (χ3n) is 5.68. The van der Waals surface area contributed by atoms with Crippen LogP contribution in [0.2, 0.25) is 0 Å². The molecule has 0 spiro atoms. The monoisotopic (exact) mass is 447 g/mol. The number of amides is 1. The van der Waals surface area contributed by atoms with Gasteiger partial charge in [-0.1, -0.05) is 0 Å². The lowest BCUT2D eigenvalue weighted by atomic mass is 9.92. The molecule has 1 amide bonds. The smallest absolute Gasteiger partial charge is 0.326 e. The van der Waals surface area contributed by atoms with Crippen molar-refractivity contribution in [3.8, 4) is 0 Å². The van der Waals surface area contributed by atoms with Crippen LogP contribution < -0.4 is 16.6 Å². The Morgan fingerprint density at radius 3 is 2.61 bits per heavy atom. The Hall–Kier alpha value is -3.41. The molecule has 1 saturated heterocycles. The number of aromatic nitrogens is 2. The topological polar surface area (TPSA) is 179 Å². The lowest BCUT2D eigenvalue weighted by Crippen LogP contribution is -2.64. The van der Waals surface area contributed by atoms with Gasteiger partial charge in [0.2, 0.25) is 5.95 Å². The molecule has 3 atom stereocenters. The molecule has 2 aromatic heterocycles. The second-order valence-electron chi connectivity index (χ2n) is 7.69. The van der Waals surface area contributed by atoms with E-state index in [0.717, 1.165) is 16.2 Å². The Bertz CT molecular complexity index is 1090. The van der Waals surface area contributed by atoms with Gasteiger partial charge in [-0.15, -0.1) is 11.3 Å². The zero-order valence-electron chi connectivity index (χ0n) is 16.3. The lowest BCUT2D eigenvalue weighted by molar-refractivity contribution is -0.159. The van der Waals surface area contributed by atoms with Crippen LogP contribution in [0.3, 0.4) is 0 Å². The summed E-state index contributed by atoms with van der Waals surface area (Å²) in [6.45, 7) is 0.647. The molecule has 0 saturated carbocycles. The van der Waals surface area contributed by atoms with E-state index in [2.05, 4.69) is 15.3 Å². The van der Waals surface area contributed by atoms with Crippen molar-refractivity contribution in [3.05, 3.63) is 37.8 Å². The predicted octanol–water partition coefficient (Wildman–Crippen LogP) is 0.383. The first-order valence-electron chi connectivity index (χ1n) is 9.74. The highest BCUT2D eigenvalue weighted by Gasteiger charge is 2.50. The van der Waals surface area contributed by atoms with E-state index in [-0.39, 0.29) is 23.8 Å². The first-order chi connectivity index (χ1) is 14.7. The Balaban J connectivity index is 1.39. The molecule has 4 rings (SSSR count). The summed E-state index contributed by atoms with van der Waals surface area (Å²) >= 11 is 1.23. The van der Waals surface area contributed by atoms with Crippen LogP contribution in [-0.4, -0.2) is 61.6 Å². The maximum atomic E-state index is 12.7. The molecule has 1 fully saturated rings. The van der Waals surface area contributed by atoms with Gasteiger partial charge in [-0.2, -0.15) is 4.98 Å². The van der Waals surface area contributed by atoms with Crippen molar-refractivity contribution >= 4 is 40.9 Å². The number of aliphatic carboxylic acids is 2. The number of nitrogens with zero attached hydrogens (tertiary/aromatic N) is 2. The van der Waals surface area contributed by atoms with E-state index in [9.17, 15) is 29.4 Å². The standard InChI is InChI=1S/C19H21N5O6S/c20-19-22-14-10(15(25)23-19)5-8(7-21-14)1-2-9-3-4-13(31-9)16(26)24-11(17(27)28)6-12(24)18(29)30/h3-4,8,11-12H,1-2,5-7H2,(H,27,28)(H,29,30)(H4,20,21,22,23,25)/t8?,11-,12+. The van der Waals surface area contributed by atoms with Crippen LogP contribution in [0, 0.1) is 5.92 Å². The Morgan fingerprint density at radius 2 is 1.94 bits per heavy atom. The molecule has 11 nitrogen and oxygen atoms in total. The molecule has 0 aliphatic carbocycles. The van der Waals surface area contributed by atoms with E-state index in [4.69, 9.17) is 5.73 Å². The van der Waals surface area contributed by atoms with E-state index in [1.165, 1.54) is 11.3 Å². The van der Waals surface area contributed by atoms with Gasteiger partial charge in [0, 0.05) is 17.8 Å². The van der Waals surface area contributed by atoms with Crippen molar-refractivity contribution in [1.82, 2.24) is 14.9 Å². The zero-order chi connectivity index (χ0) is 22.3. The van der Waals surface area contributed by atoms with Crippen LogP contribution in [0.15, 0.2) is 16.9 Å². The van der Waals surface area contributed by atoms with Crippen LogP contribution in [-0.2, 0) is 22.4 Å². The SMILES string of the molecule is Nc1nc2c(c(=O)[nH]1)CC(CCc1ccc(C(=O)N3[C@@H](C(=O)O)C[C@H]3C(=O)O)s1)CN2. The highest BCUT2D eigenvalue weighted by molar-refractivity contribution is 7.14. The minimum absolute atomic E-state index is 0.0722. The number of hydrogen-bond donors (Lipinski definition) is 5. The number of anilines is 2. The van der Waals surface area contributed by atoms with Gasteiger partial charge in [-0.05, 0) is 37.3 Å². The number of nitrogens with two attached hydrogens (primary N) is 1. The summed E-state index contributed by atoms with van der Waals surface area (Å²) in [7, 11) is 0. The number of carbonyl (C=O) groups is 3. The highest BCUT2D eigenvalue weighted by Crippen LogP contribution is 2.31. The molecule has 0 aromatic carbocycles. The van der Waals surface area contributed by atoms with Crippen molar-refractivity contribution in [2.24, 2.45) is 5.92 Å². The molecular formula is C19H21N5O6S. The summed E-state index contributed by atoms with van der Waals surface area (Å²) in [6.07, 6.45) is 1.91. The number of thiophene rings is 1. The molecule has 164 valence electrons. The normalized spacial score (nSPS) is 22.2. The summed E-state index contributed by atoms with van der Waals surface area (Å²) in [5.41, 5.74) is 5.89. The van der Waals surface area contributed by atoms with Gasteiger partial charge in [0.05, 0.1) is 10.4 Å². The van der Waals surface area contributed by atoms with E-state index >= 15 is 0 Å². The van der Waals surface area contributed by atoms with Crippen molar-refractivity contribution in [2.45, 2.75) is 37.8 Å². The first kappa shape index (κ1) is 20.8. The second kappa shape index (κ2) is 8.02. The van der Waals surface area contributed by atoms with Gasteiger partial charge in [-0.3, -0.25) is 14.6 Å². The van der Waals surface area contributed by atoms with Crippen molar-refractivity contribution in [1.29, 1.82) is 0 Å². The number of hydrogen-bond acceptors (Lipinski definition) is 8. The summed E-state index contributed by atoms with van der Waals surface area (Å²) in [6, 6.07) is 1.16. The zero-order valence-corrected chi connectivity index (χ0v) is 17.1. The number of fused-ring (bicyclic) bond motifs is 1. The second-order valence-corrected chi connectivity index (χ2v) is 8.86. The molecule has 4 heterocycles. The fourth-order valence-corrected chi connectivity index (χ4v) is 4.97. The molecule has 2 aliphatic rings. The molecule has 2 aliphatic heterocycles. The highest BCUT2D eigenvalue weighted by atomic mass is 32.1. The van der Waals surface area contributed by atoms with Crippen molar-refractivity contribution < 1.29 is 24.6 Å². The minimum atomic E-state index is -1.21. The third kappa shape index (κ3) is 3.98. The number of nitrogen functional groups attached to an aromatic ring is 1. The molecule has 31 heavy (non-hydrogen) atoms. The summed E-state index contributed by atoms with van der Waals surface area (Å²) < 4.78 is 0. The largest absolute Gasteiger partial charge is 0.480 e. The molecule has 0 bridgehead atoms. The predicted molar refractivity (Wildman–Crippen MR) is 111 cm³/mol. The van der Waals surface area contributed by atoms with E-state index in [0.29, 0.717) is 35.6 Å². The summed E-state index contributed by atoms with van der Waals surface area (Å²) in [5.74, 6) is -2.22.